The first kappa shape index (κ1) is 34.5. The zero-order valence-corrected chi connectivity index (χ0v) is 21.7. The average Bonchev–Trinajstić information content (AvgIpc) is 2.46. The number of hydrogen-bond acceptors (Lipinski definition) is 3. The molecule has 167 valence electrons. The van der Waals surface area contributed by atoms with E-state index in [-0.39, 0.29) is 18.6 Å². The molecule has 0 amide bonds. The molecule has 0 heterocycles. The smallest absolute Gasteiger partial charge is 0 e. The normalized spacial score (nSPS) is 11.4. The molecule has 0 aromatic rings. The molecule has 0 spiro atoms. The monoisotopic (exact) mass is 432 g/mol. The van der Waals surface area contributed by atoms with E-state index in [9.17, 15) is 0 Å². The molecular weight excluding hydrogens is 387 g/mol. The standard InChI is InChI=1S/3C7H15N2.V/c3*1-6(2)8-5-9-7(3)4;/h3*5-7H,1-4H3;/q3*-1;. The minimum Gasteiger partial charge on any atom is -0.469 e. The average molecular weight is 433 g/mol. The van der Waals surface area contributed by atoms with Crippen LogP contribution in [0.2, 0.25) is 0 Å². The van der Waals surface area contributed by atoms with Crippen molar-refractivity contribution in [2.24, 2.45) is 15.0 Å². The molecule has 0 bridgehead atoms. The van der Waals surface area contributed by atoms with Crippen molar-refractivity contribution in [3.8, 4) is 0 Å². The summed E-state index contributed by atoms with van der Waals surface area (Å²) in [6.07, 6.45) is 4.94. The molecule has 0 aliphatic rings. The number of hydrogen-bond donors (Lipinski definition) is 0. The molecule has 1 radical (unpaired) electrons. The summed E-state index contributed by atoms with van der Waals surface area (Å²) in [5, 5.41) is 12.2. The molecule has 0 unspecified atom stereocenters. The molecule has 0 atom stereocenters. The summed E-state index contributed by atoms with van der Waals surface area (Å²) in [5.74, 6) is 0. The first-order valence-corrected chi connectivity index (χ1v) is 10.0. The van der Waals surface area contributed by atoms with Crippen molar-refractivity contribution >= 4 is 19.0 Å². The summed E-state index contributed by atoms with van der Waals surface area (Å²) in [4.78, 5) is 12.2. The van der Waals surface area contributed by atoms with Crippen molar-refractivity contribution in [2.45, 2.75) is 119 Å². The third-order valence-corrected chi connectivity index (χ3v) is 2.19. The van der Waals surface area contributed by atoms with E-state index in [2.05, 4.69) is 30.9 Å². The van der Waals surface area contributed by atoms with Gasteiger partial charge in [0.25, 0.3) is 0 Å². The van der Waals surface area contributed by atoms with E-state index in [1.807, 2.05) is 83.1 Å². The van der Waals surface area contributed by atoms with Crippen molar-refractivity contribution in [1.29, 1.82) is 0 Å². The van der Waals surface area contributed by atoms with Gasteiger partial charge in [-0.25, -0.2) is 0 Å². The van der Waals surface area contributed by atoms with Crippen molar-refractivity contribution in [3.63, 3.8) is 0 Å². The minimum atomic E-state index is 0. The van der Waals surface area contributed by atoms with Crippen LogP contribution in [0, 0.1) is 0 Å². The molecule has 0 rings (SSSR count). The number of rotatable bonds is 9. The van der Waals surface area contributed by atoms with Gasteiger partial charge in [0.1, 0.15) is 0 Å². The van der Waals surface area contributed by atoms with E-state index in [4.69, 9.17) is 0 Å². The fraction of sp³-hybridized carbons (Fsp3) is 0.857. The topological polar surface area (TPSA) is 79.4 Å². The van der Waals surface area contributed by atoms with Gasteiger partial charge in [0, 0.05) is 18.6 Å². The quantitative estimate of drug-likeness (QED) is 0.290. The first-order valence-electron chi connectivity index (χ1n) is 10.0. The second-order valence-corrected chi connectivity index (χ2v) is 7.80. The second-order valence-electron chi connectivity index (χ2n) is 7.80. The predicted octanol–water partition coefficient (Wildman–Crippen LogP) is 6.61. The molecule has 0 N–H and O–H groups in total. The van der Waals surface area contributed by atoms with Crippen LogP contribution in [0.3, 0.4) is 0 Å². The van der Waals surface area contributed by atoms with Gasteiger partial charge in [-0.2, -0.15) is 0 Å². The van der Waals surface area contributed by atoms with Gasteiger partial charge in [-0.05, 0) is 36.3 Å². The number of nitrogens with zero attached hydrogens (tertiary/aromatic N) is 6. The van der Waals surface area contributed by atoms with E-state index in [1.54, 1.807) is 19.0 Å². The third-order valence-electron chi connectivity index (χ3n) is 2.19. The van der Waals surface area contributed by atoms with Gasteiger partial charge in [0.05, 0.1) is 0 Å². The fourth-order valence-corrected chi connectivity index (χ4v) is 0.915. The largest absolute Gasteiger partial charge is 0.469 e. The molecule has 6 nitrogen and oxygen atoms in total. The van der Waals surface area contributed by atoms with E-state index >= 15 is 0 Å². The third kappa shape index (κ3) is 49.8. The van der Waals surface area contributed by atoms with Gasteiger partial charge in [-0.1, -0.05) is 83.1 Å². The van der Waals surface area contributed by atoms with E-state index in [0.717, 1.165) is 0 Å². The fourth-order valence-electron chi connectivity index (χ4n) is 0.915. The van der Waals surface area contributed by atoms with Gasteiger partial charge in [0.15, 0.2) is 0 Å². The molecule has 0 aliphatic heterocycles. The van der Waals surface area contributed by atoms with Crippen molar-refractivity contribution in [1.82, 2.24) is 0 Å². The van der Waals surface area contributed by atoms with E-state index < -0.39 is 0 Å². The first-order chi connectivity index (χ1) is 12.4. The summed E-state index contributed by atoms with van der Waals surface area (Å²) < 4.78 is 0. The Morgan fingerprint density at radius 1 is 0.429 bits per heavy atom. The Balaban J connectivity index is -0.000000152. The Morgan fingerprint density at radius 3 is 0.714 bits per heavy atom. The van der Waals surface area contributed by atoms with E-state index in [0.29, 0.717) is 36.3 Å². The molecule has 0 aromatic carbocycles. The molecule has 0 saturated carbocycles. The second kappa shape index (κ2) is 24.0. The van der Waals surface area contributed by atoms with Gasteiger partial charge < -0.3 is 30.9 Å². The maximum atomic E-state index is 4.07. The zero-order chi connectivity index (χ0) is 21.8. The van der Waals surface area contributed by atoms with Crippen LogP contribution in [-0.2, 0) is 18.6 Å². The van der Waals surface area contributed by atoms with Gasteiger partial charge >= 0.3 is 0 Å². The Hall–Kier alpha value is -1.01. The Labute approximate surface area is 187 Å². The Morgan fingerprint density at radius 2 is 0.607 bits per heavy atom. The minimum absolute atomic E-state index is 0. The zero-order valence-electron chi connectivity index (χ0n) is 20.3. The van der Waals surface area contributed by atoms with Gasteiger partial charge in [0.2, 0.25) is 0 Å². The summed E-state index contributed by atoms with van der Waals surface area (Å²) in [5.41, 5.74) is 0. The Bertz CT molecular complexity index is 318. The van der Waals surface area contributed by atoms with Crippen molar-refractivity contribution in [3.05, 3.63) is 16.0 Å². The van der Waals surface area contributed by atoms with Crippen LogP contribution in [0.5, 0.6) is 0 Å². The van der Waals surface area contributed by atoms with Crippen LogP contribution in [-0.4, -0.2) is 55.3 Å². The molecule has 28 heavy (non-hydrogen) atoms. The predicted molar refractivity (Wildman–Crippen MR) is 126 cm³/mol. The summed E-state index contributed by atoms with van der Waals surface area (Å²) in [6, 6.07) is 2.21. The SMILES string of the molecule is CC(C)N=C[N-]C(C)C.CC(C)N=C[N-]C(C)C.CC(C)N=C[N-]C(C)C.[V]. The molecule has 0 aliphatic carbocycles. The van der Waals surface area contributed by atoms with Crippen LogP contribution in [0.4, 0.5) is 0 Å². The van der Waals surface area contributed by atoms with Gasteiger partial charge in [-0.3, -0.25) is 0 Å². The van der Waals surface area contributed by atoms with Gasteiger partial charge in [-0.15, -0.1) is 19.0 Å². The van der Waals surface area contributed by atoms with Crippen molar-refractivity contribution < 1.29 is 18.6 Å². The molecule has 0 fully saturated rings. The molecule has 7 heteroatoms. The molecule has 0 aromatic heterocycles. The number of aliphatic imine (C=N–C) groups is 3. The summed E-state index contributed by atoms with van der Waals surface area (Å²) in [6.45, 7) is 24.4. The van der Waals surface area contributed by atoms with Crippen LogP contribution < -0.4 is 0 Å². The summed E-state index contributed by atoms with van der Waals surface area (Å²) in [7, 11) is 0. The maximum absolute atomic E-state index is 4.07. The van der Waals surface area contributed by atoms with Crippen molar-refractivity contribution in [2.75, 3.05) is 0 Å². The Kier molecular flexibility index (Phi) is 29.6. The summed E-state index contributed by atoms with van der Waals surface area (Å²) >= 11 is 0. The molecule has 0 saturated heterocycles. The van der Waals surface area contributed by atoms with Crippen LogP contribution in [0.15, 0.2) is 15.0 Å². The molecular formula is C21H45N6V-3. The van der Waals surface area contributed by atoms with Crippen LogP contribution in [0.25, 0.3) is 16.0 Å². The van der Waals surface area contributed by atoms with E-state index in [1.165, 1.54) is 0 Å². The maximum Gasteiger partial charge on any atom is 0 e. The van der Waals surface area contributed by atoms with Crippen LogP contribution >= 0.6 is 0 Å². The van der Waals surface area contributed by atoms with Crippen LogP contribution in [0.1, 0.15) is 83.1 Å².